The number of aromatic carboxylic acids is 1. The standard InChI is InChI=1S/C10H11N5O4S2/c1-6-11-2-9(20-6)21(18,19)14-3-7(4-14)15-5-8(10(16)17)12-13-15/h2,5,7H,3-4H2,1H3,(H,16,17). The molecule has 0 spiro atoms. The fourth-order valence-corrected chi connectivity index (χ4v) is 4.70. The van der Waals surface area contributed by atoms with Crippen LogP contribution in [-0.4, -0.2) is 56.9 Å². The van der Waals surface area contributed by atoms with E-state index in [2.05, 4.69) is 15.3 Å². The highest BCUT2D eigenvalue weighted by atomic mass is 32.2. The van der Waals surface area contributed by atoms with Crippen molar-refractivity contribution in [1.82, 2.24) is 24.3 Å². The number of carboxylic acids is 1. The van der Waals surface area contributed by atoms with Crippen LogP contribution in [0.5, 0.6) is 0 Å². The SMILES string of the molecule is Cc1ncc(S(=O)(=O)N2CC(n3cc(C(=O)O)nn3)C2)s1. The minimum atomic E-state index is -3.52. The molecule has 0 bridgehead atoms. The number of aromatic nitrogens is 4. The Labute approximate surface area is 123 Å². The fourth-order valence-electron chi connectivity index (χ4n) is 1.92. The first-order valence-electron chi connectivity index (χ1n) is 5.95. The smallest absolute Gasteiger partial charge is 0.358 e. The van der Waals surface area contributed by atoms with E-state index in [-0.39, 0.29) is 29.0 Å². The minimum absolute atomic E-state index is 0.158. The molecule has 0 aliphatic carbocycles. The van der Waals surface area contributed by atoms with Crippen molar-refractivity contribution >= 4 is 27.3 Å². The van der Waals surface area contributed by atoms with Gasteiger partial charge in [0.25, 0.3) is 10.0 Å². The predicted octanol–water partition coefficient (Wildman–Crippen LogP) is -0.0132. The molecule has 0 saturated carbocycles. The number of sulfonamides is 1. The molecule has 21 heavy (non-hydrogen) atoms. The molecule has 9 nitrogen and oxygen atoms in total. The summed E-state index contributed by atoms with van der Waals surface area (Å²) < 4.78 is 27.5. The number of aryl methyl sites for hydroxylation is 1. The average Bonchev–Trinajstić information content (AvgIpc) is 2.96. The van der Waals surface area contributed by atoms with Crippen LogP contribution in [0, 0.1) is 6.92 Å². The van der Waals surface area contributed by atoms with Crippen molar-refractivity contribution in [2.45, 2.75) is 17.2 Å². The third-order valence-corrected chi connectivity index (χ3v) is 6.31. The quantitative estimate of drug-likeness (QED) is 0.837. The van der Waals surface area contributed by atoms with Crippen LogP contribution < -0.4 is 0 Å². The molecule has 3 heterocycles. The van der Waals surface area contributed by atoms with Crippen molar-refractivity contribution in [3.8, 4) is 0 Å². The summed E-state index contributed by atoms with van der Waals surface area (Å²) in [6.45, 7) is 2.22. The van der Waals surface area contributed by atoms with Crippen molar-refractivity contribution in [3.05, 3.63) is 23.1 Å². The van der Waals surface area contributed by atoms with E-state index in [1.165, 1.54) is 21.4 Å². The molecule has 1 N–H and O–H groups in total. The van der Waals surface area contributed by atoms with Gasteiger partial charge in [-0.05, 0) is 6.92 Å². The highest BCUT2D eigenvalue weighted by Gasteiger charge is 2.39. The Hall–Kier alpha value is -1.85. The molecule has 2 aromatic heterocycles. The van der Waals surface area contributed by atoms with Crippen molar-refractivity contribution < 1.29 is 18.3 Å². The van der Waals surface area contributed by atoms with Crippen LogP contribution in [0.3, 0.4) is 0 Å². The van der Waals surface area contributed by atoms with Gasteiger partial charge in [0.2, 0.25) is 0 Å². The molecule has 2 aromatic rings. The molecule has 3 rings (SSSR count). The van der Waals surface area contributed by atoms with Crippen LogP contribution in [0.2, 0.25) is 0 Å². The Morgan fingerprint density at radius 2 is 2.19 bits per heavy atom. The van der Waals surface area contributed by atoms with E-state index in [9.17, 15) is 13.2 Å². The second-order valence-corrected chi connectivity index (χ2v) is 7.96. The number of carboxylic acid groups (broad SMARTS) is 1. The molecule has 1 fully saturated rings. The van der Waals surface area contributed by atoms with Gasteiger partial charge in [-0.25, -0.2) is 22.9 Å². The van der Waals surface area contributed by atoms with Crippen LogP contribution in [0.1, 0.15) is 21.5 Å². The van der Waals surface area contributed by atoms with E-state index in [1.54, 1.807) is 6.92 Å². The Morgan fingerprint density at radius 3 is 2.71 bits per heavy atom. The largest absolute Gasteiger partial charge is 0.476 e. The summed E-state index contributed by atoms with van der Waals surface area (Å²) in [4.78, 5) is 14.7. The van der Waals surface area contributed by atoms with Gasteiger partial charge in [-0.3, -0.25) is 0 Å². The lowest BCUT2D eigenvalue weighted by atomic mass is 10.2. The topological polar surface area (TPSA) is 118 Å². The number of carbonyl (C=O) groups is 1. The van der Waals surface area contributed by atoms with E-state index in [0.29, 0.717) is 5.01 Å². The first kappa shape index (κ1) is 14.1. The summed E-state index contributed by atoms with van der Waals surface area (Å²) in [6, 6.07) is -0.200. The lowest BCUT2D eigenvalue weighted by Gasteiger charge is -2.37. The van der Waals surface area contributed by atoms with Gasteiger partial charge in [-0.1, -0.05) is 5.21 Å². The summed E-state index contributed by atoms with van der Waals surface area (Å²) in [5, 5.41) is 16.7. The van der Waals surface area contributed by atoms with Crippen molar-refractivity contribution in [3.63, 3.8) is 0 Å². The number of hydrogen-bond acceptors (Lipinski definition) is 7. The summed E-state index contributed by atoms with van der Waals surface area (Å²) in [5.74, 6) is -1.16. The zero-order valence-corrected chi connectivity index (χ0v) is 12.5. The lowest BCUT2D eigenvalue weighted by molar-refractivity contribution is 0.0690. The molecule has 0 unspecified atom stereocenters. The molecule has 1 aliphatic rings. The Kier molecular flexibility index (Phi) is 3.26. The highest BCUT2D eigenvalue weighted by Crippen LogP contribution is 2.30. The van der Waals surface area contributed by atoms with Crippen molar-refractivity contribution in [2.75, 3.05) is 13.1 Å². The maximum atomic E-state index is 12.3. The van der Waals surface area contributed by atoms with Crippen LogP contribution >= 0.6 is 11.3 Å². The van der Waals surface area contributed by atoms with Gasteiger partial charge in [0, 0.05) is 13.1 Å². The van der Waals surface area contributed by atoms with Gasteiger partial charge < -0.3 is 5.11 Å². The highest BCUT2D eigenvalue weighted by molar-refractivity contribution is 7.91. The molecule has 0 aromatic carbocycles. The number of hydrogen-bond donors (Lipinski definition) is 1. The van der Waals surface area contributed by atoms with Gasteiger partial charge in [-0.15, -0.1) is 16.4 Å². The second-order valence-electron chi connectivity index (χ2n) is 4.56. The minimum Gasteiger partial charge on any atom is -0.476 e. The molecule has 0 atom stereocenters. The summed E-state index contributed by atoms with van der Waals surface area (Å²) in [6.07, 6.45) is 2.65. The van der Waals surface area contributed by atoms with Gasteiger partial charge in [0.05, 0.1) is 23.4 Å². The van der Waals surface area contributed by atoms with Crippen LogP contribution in [0.4, 0.5) is 0 Å². The summed E-state index contributed by atoms with van der Waals surface area (Å²) in [5.41, 5.74) is -0.158. The molecule has 0 radical (unpaired) electrons. The Bertz CT molecular complexity index is 790. The van der Waals surface area contributed by atoms with E-state index in [0.717, 1.165) is 11.3 Å². The van der Waals surface area contributed by atoms with Crippen LogP contribution in [0.25, 0.3) is 0 Å². The van der Waals surface area contributed by atoms with E-state index >= 15 is 0 Å². The number of thiazole rings is 1. The number of nitrogens with zero attached hydrogens (tertiary/aromatic N) is 5. The van der Waals surface area contributed by atoms with Crippen molar-refractivity contribution in [1.29, 1.82) is 0 Å². The molecule has 112 valence electrons. The third kappa shape index (κ3) is 2.43. The molecule has 1 saturated heterocycles. The van der Waals surface area contributed by atoms with Crippen molar-refractivity contribution in [2.24, 2.45) is 0 Å². The van der Waals surface area contributed by atoms with Crippen LogP contribution in [-0.2, 0) is 10.0 Å². The van der Waals surface area contributed by atoms with Crippen LogP contribution in [0.15, 0.2) is 16.6 Å². The third-order valence-electron chi connectivity index (χ3n) is 3.13. The first-order chi connectivity index (χ1) is 9.88. The monoisotopic (exact) mass is 329 g/mol. The molecule has 11 heteroatoms. The van der Waals surface area contributed by atoms with E-state index in [1.807, 2.05) is 0 Å². The van der Waals surface area contributed by atoms with Gasteiger partial charge >= 0.3 is 5.97 Å². The van der Waals surface area contributed by atoms with E-state index in [4.69, 9.17) is 5.11 Å². The number of rotatable bonds is 4. The summed E-state index contributed by atoms with van der Waals surface area (Å²) >= 11 is 1.12. The van der Waals surface area contributed by atoms with Gasteiger partial charge in [0.15, 0.2) is 9.90 Å². The lowest BCUT2D eigenvalue weighted by Crippen LogP contribution is -2.50. The predicted molar refractivity (Wildman–Crippen MR) is 71.6 cm³/mol. The van der Waals surface area contributed by atoms with Gasteiger partial charge in [0.1, 0.15) is 0 Å². The second kappa shape index (κ2) is 4.86. The normalized spacial score (nSPS) is 16.8. The molecule has 1 aliphatic heterocycles. The maximum absolute atomic E-state index is 12.3. The molecular weight excluding hydrogens is 318 g/mol. The van der Waals surface area contributed by atoms with Gasteiger partial charge in [-0.2, -0.15) is 4.31 Å². The maximum Gasteiger partial charge on any atom is 0.358 e. The average molecular weight is 329 g/mol. The molecular formula is C10H11N5O4S2. The zero-order chi connectivity index (χ0) is 15.2. The Morgan fingerprint density at radius 1 is 1.48 bits per heavy atom. The fraction of sp³-hybridized carbons (Fsp3) is 0.400. The summed E-state index contributed by atoms with van der Waals surface area (Å²) in [7, 11) is -3.52. The van der Waals surface area contributed by atoms with E-state index < -0.39 is 16.0 Å². The molecule has 0 amide bonds. The zero-order valence-electron chi connectivity index (χ0n) is 10.9. The Balaban J connectivity index is 1.71. The first-order valence-corrected chi connectivity index (χ1v) is 8.21.